The minimum atomic E-state index is 0.798. The van der Waals surface area contributed by atoms with Gasteiger partial charge in [0.05, 0.1) is 0 Å². The first-order chi connectivity index (χ1) is 9.30. The normalized spacial score (nSPS) is 10.5. The van der Waals surface area contributed by atoms with Gasteiger partial charge in [0.1, 0.15) is 17.5 Å². The van der Waals surface area contributed by atoms with E-state index in [9.17, 15) is 0 Å². The molecule has 0 saturated carbocycles. The second-order valence-electron chi connectivity index (χ2n) is 4.33. The maximum atomic E-state index is 5.44. The minimum Gasteiger partial charge on any atom is -0.381 e. The Balaban J connectivity index is 2.41. The van der Waals surface area contributed by atoms with Crippen molar-refractivity contribution in [3.8, 4) is 0 Å². The summed E-state index contributed by atoms with van der Waals surface area (Å²) < 4.78 is 5.44. The van der Waals surface area contributed by atoms with Crippen LogP contribution in [0.4, 0.5) is 11.6 Å². The van der Waals surface area contributed by atoms with Crippen LogP contribution in [0.1, 0.15) is 39.4 Å². The highest BCUT2D eigenvalue weighted by molar-refractivity contribution is 5.47. The Labute approximate surface area is 116 Å². The van der Waals surface area contributed by atoms with Gasteiger partial charge in [-0.05, 0) is 19.8 Å². The molecule has 19 heavy (non-hydrogen) atoms. The molecule has 5 nitrogen and oxygen atoms in total. The summed E-state index contributed by atoms with van der Waals surface area (Å²) in [5, 5.41) is 6.55. The molecule has 0 spiro atoms. The first-order valence-corrected chi connectivity index (χ1v) is 7.23. The SMILES string of the molecule is CCCOCCCNc1cc(NCC)nc(CC)n1. The topological polar surface area (TPSA) is 59.1 Å². The molecule has 0 amide bonds. The molecule has 0 aliphatic carbocycles. The molecule has 0 fully saturated rings. The molecule has 2 N–H and O–H groups in total. The van der Waals surface area contributed by atoms with Crippen LogP contribution in [-0.4, -0.2) is 36.3 Å². The largest absolute Gasteiger partial charge is 0.381 e. The fourth-order valence-electron chi connectivity index (χ4n) is 1.65. The van der Waals surface area contributed by atoms with E-state index < -0.39 is 0 Å². The van der Waals surface area contributed by atoms with Crippen LogP contribution in [0.2, 0.25) is 0 Å². The van der Waals surface area contributed by atoms with Gasteiger partial charge < -0.3 is 15.4 Å². The zero-order valence-electron chi connectivity index (χ0n) is 12.3. The average molecular weight is 266 g/mol. The third kappa shape index (κ3) is 6.38. The molecular formula is C14H26N4O. The lowest BCUT2D eigenvalue weighted by atomic mass is 10.4. The van der Waals surface area contributed by atoms with Crippen LogP contribution in [0, 0.1) is 0 Å². The van der Waals surface area contributed by atoms with E-state index in [4.69, 9.17) is 4.74 Å². The molecule has 0 radical (unpaired) electrons. The van der Waals surface area contributed by atoms with Crippen LogP contribution in [0.5, 0.6) is 0 Å². The van der Waals surface area contributed by atoms with Crippen molar-refractivity contribution in [2.75, 3.05) is 36.9 Å². The highest BCUT2D eigenvalue weighted by atomic mass is 16.5. The first kappa shape index (κ1) is 15.7. The fraction of sp³-hybridized carbons (Fsp3) is 0.714. The van der Waals surface area contributed by atoms with E-state index in [1.54, 1.807) is 0 Å². The Morgan fingerprint density at radius 3 is 2.42 bits per heavy atom. The van der Waals surface area contributed by atoms with Gasteiger partial charge in [-0.3, -0.25) is 0 Å². The minimum absolute atomic E-state index is 0.798. The van der Waals surface area contributed by atoms with Crippen LogP contribution in [0.15, 0.2) is 6.07 Å². The molecule has 1 rings (SSSR count). The highest BCUT2D eigenvalue weighted by Crippen LogP contribution is 2.11. The van der Waals surface area contributed by atoms with Gasteiger partial charge in [0, 0.05) is 38.8 Å². The number of nitrogens with zero attached hydrogens (tertiary/aromatic N) is 2. The van der Waals surface area contributed by atoms with E-state index in [-0.39, 0.29) is 0 Å². The molecule has 1 aromatic heterocycles. The van der Waals surface area contributed by atoms with E-state index in [1.807, 2.05) is 6.07 Å². The molecular weight excluding hydrogens is 240 g/mol. The Morgan fingerprint density at radius 2 is 1.79 bits per heavy atom. The van der Waals surface area contributed by atoms with E-state index in [0.717, 1.165) is 63.0 Å². The lowest BCUT2D eigenvalue weighted by molar-refractivity contribution is 0.134. The summed E-state index contributed by atoms with van der Waals surface area (Å²) in [7, 11) is 0. The predicted octanol–water partition coefficient (Wildman–Crippen LogP) is 2.70. The van der Waals surface area contributed by atoms with Crippen LogP contribution < -0.4 is 10.6 Å². The van der Waals surface area contributed by atoms with Gasteiger partial charge in [-0.15, -0.1) is 0 Å². The Morgan fingerprint density at radius 1 is 1.05 bits per heavy atom. The quantitative estimate of drug-likeness (QED) is 0.638. The lowest BCUT2D eigenvalue weighted by Crippen LogP contribution is -2.10. The van der Waals surface area contributed by atoms with Crippen molar-refractivity contribution >= 4 is 11.6 Å². The van der Waals surface area contributed by atoms with Crippen LogP contribution >= 0.6 is 0 Å². The highest BCUT2D eigenvalue weighted by Gasteiger charge is 2.02. The number of aryl methyl sites for hydroxylation is 1. The molecule has 0 atom stereocenters. The lowest BCUT2D eigenvalue weighted by Gasteiger charge is -2.10. The summed E-state index contributed by atoms with van der Waals surface area (Å²) in [6.45, 7) is 9.62. The summed E-state index contributed by atoms with van der Waals surface area (Å²) in [6, 6.07) is 1.95. The Hall–Kier alpha value is -1.36. The van der Waals surface area contributed by atoms with Crippen LogP contribution in [-0.2, 0) is 11.2 Å². The summed E-state index contributed by atoms with van der Waals surface area (Å²) >= 11 is 0. The third-order valence-electron chi connectivity index (χ3n) is 2.57. The summed E-state index contributed by atoms with van der Waals surface area (Å²) in [5.74, 6) is 2.64. The maximum Gasteiger partial charge on any atom is 0.132 e. The maximum absolute atomic E-state index is 5.44. The molecule has 0 saturated heterocycles. The molecule has 0 aliphatic heterocycles. The van der Waals surface area contributed by atoms with Crippen molar-refractivity contribution in [2.45, 2.75) is 40.0 Å². The molecule has 5 heteroatoms. The van der Waals surface area contributed by atoms with Gasteiger partial charge in [-0.25, -0.2) is 9.97 Å². The van der Waals surface area contributed by atoms with E-state index in [2.05, 4.69) is 41.4 Å². The number of anilines is 2. The number of nitrogens with one attached hydrogen (secondary N) is 2. The first-order valence-electron chi connectivity index (χ1n) is 7.23. The molecule has 0 bridgehead atoms. The van der Waals surface area contributed by atoms with Gasteiger partial charge in [0.2, 0.25) is 0 Å². The Kier molecular flexibility index (Phi) is 7.89. The van der Waals surface area contributed by atoms with Crippen molar-refractivity contribution < 1.29 is 4.74 Å². The van der Waals surface area contributed by atoms with Crippen molar-refractivity contribution in [2.24, 2.45) is 0 Å². The van der Waals surface area contributed by atoms with E-state index >= 15 is 0 Å². The number of ether oxygens (including phenoxy) is 1. The van der Waals surface area contributed by atoms with Crippen LogP contribution in [0.25, 0.3) is 0 Å². The molecule has 108 valence electrons. The second-order valence-corrected chi connectivity index (χ2v) is 4.33. The van der Waals surface area contributed by atoms with Crippen molar-refractivity contribution in [1.82, 2.24) is 9.97 Å². The third-order valence-corrected chi connectivity index (χ3v) is 2.57. The number of rotatable bonds is 10. The molecule has 0 unspecified atom stereocenters. The number of aromatic nitrogens is 2. The van der Waals surface area contributed by atoms with Gasteiger partial charge in [0.25, 0.3) is 0 Å². The van der Waals surface area contributed by atoms with E-state index in [1.165, 1.54) is 0 Å². The predicted molar refractivity (Wildman–Crippen MR) is 79.8 cm³/mol. The molecule has 0 aliphatic rings. The second kappa shape index (κ2) is 9.55. The van der Waals surface area contributed by atoms with Crippen molar-refractivity contribution in [3.05, 3.63) is 11.9 Å². The van der Waals surface area contributed by atoms with Gasteiger partial charge in [-0.1, -0.05) is 13.8 Å². The van der Waals surface area contributed by atoms with Gasteiger partial charge in [0.15, 0.2) is 0 Å². The standard InChI is InChI=1S/C14H26N4O/c1-4-9-19-10-7-8-16-14-11-13(15-6-3)17-12(5-2)18-14/h11H,4-10H2,1-3H3,(H2,15,16,17,18). The zero-order chi connectivity index (χ0) is 13.9. The van der Waals surface area contributed by atoms with Crippen molar-refractivity contribution in [3.63, 3.8) is 0 Å². The molecule has 0 aromatic carbocycles. The average Bonchev–Trinajstić information content (AvgIpc) is 2.43. The smallest absolute Gasteiger partial charge is 0.132 e. The Bertz CT molecular complexity index is 357. The molecule has 1 heterocycles. The number of hydrogen-bond acceptors (Lipinski definition) is 5. The fourth-order valence-corrected chi connectivity index (χ4v) is 1.65. The van der Waals surface area contributed by atoms with Gasteiger partial charge >= 0.3 is 0 Å². The summed E-state index contributed by atoms with van der Waals surface area (Å²) in [5.41, 5.74) is 0. The van der Waals surface area contributed by atoms with Crippen LogP contribution in [0.3, 0.4) is 0 Å². The number of hydrogen-bond donors (Lipinski definition) is 2. The zero-order valence-corrected chi connectivity index (χ0v) is 12.3. The summed E-state index contributed by atoms with van der Waals surface area (Å²) in [4.78, 5) is 8.89. The molecule has 1 aromatic rings. The monoisotopic (exact) mass is 266 g/mol. The summed E-state index contributed by atoms with van der Waals surface area (Å²) in [6.07, 6.45) is 2.90. The van der Waals surface area contributed by atoms with Crippen molar-refractivity contribution in [1.29, 1.82) is 0 Å². The van der Waals surface area contributed by atoms with Gasteiger partial charge in [-0.2, -0.15) is 0 Å². The van der Waals surface area contributed by atoms with E-state index in [0.29, 0.717) is 0 Å².